The molecule has 5 aromatic carbocycles. The van der Waals surface area contributed by atoms with E-state index in [2.05, 4.69) is 58.4 Å². The third kappa shape index (κ3) is 28.5. The Labute approximate surface area is 659 Å². The molecule has 107 heavy (non-hydrogen) atoms. The van der Waals surface area contributed by atoms with E-state index in [1.807, 2.05) is 0 Å². The molecule has 10 rings (SSSR count). The molecule has 5 amide bonds. The van der Waals surface area contributed by atoms with Crippen molar-refractivity contribution in [2.75, 3.05) is 122 Å². The van der Waals surface area contributed by atoms with E-state index in [0.717, 1.165) is 28.9 Å². The number of benzene rings is 5. The summed E-state index contributed by atoms with van der Waals surface area (Å²) in [5.74, 6) is -6.52. The number of anilines is 5. The number of amides is 5. The first-order valence-corrected chi connectivity index (χ1v) is 45.4. The summed E-state index contributed by atoms with van der Waals surface area (Å²) in [6.45, 7) is 6.32. The Morgan fingerprint density at radius 1 is 0.355 bits per heavy atom. The third-order valence-electron chi connectivity index (χ3n) is 17.6. The van der Waals surface area contributed by atoms with Crippen LogP contribution in [0.1, 0.15) is 78.1 Å². The molecule has 5 atom stereocenters. The number of halogens is 10. The first kappa shape index (κ1) is 90.7. The molecule has 0 radical (unpaired) electrons. The van der Waals surface area contributed by atoms with Gasteiger partial charge in [0.15, 0.2) is 11.6 Å². The lowest BCUT2D eigenvalue weighted by atomic mass is 9.98. The molecule has 5 aliphatic rings. The van der Waals surface area contributed by atoms with E-state index < -0.39 is 97.0 Å². The number of nitrogens with one attached hydrogen (secondary N) is 5. The summed E-state index contributed by atoms with van der Waals surface area (Å²) in [6.07, 6.45) is 9.83. The molecule has 0 unspecified atom stereocenters. The van der Waals surface area contributed by atoms with E-state index in [-0.39, 0.29) is 95.4 Å². The Kier molecular flexibility index (Phi) is 34.6. The molecule has 5 saturated heterocycles. The average molecular weight is 1810 g/mol. The van der Waals surface area contributed by atoms with Crippen LogP contribution in [0.2, 0.25) is 20.1 Å². The Balaban J connectivity index is 0.000000209. The van der Waals surface area contributed by atoms with Crippen molar-refractivity contribution in [3.8, 4) is 0 Å². The van der Waals surface area contributed by atoms with Gasteiger partial charge in [-0.05, 0) is 195 Å². The van der Waals surface area contributed by atoms with E-state index in [4.69, 9.17) is 46.4 Å². The maximum absolute atomic E-state index is 13.4. The average Bonchev–Trinajstić information content (AvgIpc) is 0.834. The minimum Gasteiger partial charge on any atom is -0.326 e. The maximum atomic E-state index is 13.4. The summed E-state index contributed by atoms with van der Waals surface area (Å²) in [6, 6.07) is 21.3. The van der Waals surface area contributed by atoms with Crippen molar-refractivity contribution in [1.82, 2.24) is 21.5 Å². The normalized spacial score (nSPS) is 20.1. The highest BCUT2D eigenvalue weighted by molar-refractivity contribution is 9.10. The fourth-order valence-corrected chi connectivity index (χ4v) is 18.0. The van der Waals surface area contributed by atoms with Crippen molar-refractivity contribution in [3.05, 3.63) is 143 Å². The molecule has 5 aromatic rings. The van der Waals surface area contributed by atoms with Crippen molar-refractivity contribution < 1.29 is 83.6 Å². The van der Waals surface area contributed by atoms with Gasteiger partial charge in [-0.25, -0.2) is 81.2 Å². The molecule has 0 saturated carbocycles. The van der Waals surface area contributed by atoms with Crippen LogP contribution < -0.4 is 26.6 Å². The van der Waals surface area contributed by atoms with E-state index in [1.54, 1.807) is 50.2 Å². The molecular formula is C67H84Br2Cl4F4N10O15S5. The Morgan fingerprint density at radius 3 is 0.944 bits per heavy atom. The highest BCUT2D eigenvalue weighted by Crippen LogP contribution is 2.31. The monoisotopic (exact) mass is 1800 g/mol. The number of rotatable bonds is 17. The van der Waals surface area contributed by atoms with E-state index in [9.17, 15) is 83.6 Å². The quantitative estimate of drug-likeness (QED) is 0.0540. The van der Waals surface area contributed by atoms with Crippen molar-refractivity contribution in [2.24, 2.45) is 29.6 Å². The maximum Gasteiger partial charge on any atom is 0.228 e. The summed E-state index contributed by atoms with van der Waals surface area (Å²) in [5.41, 5.74) is 2.09. The molecule has 0 aliphatic carbocycles. The third-order valence-corrected chi connectivity index (χ3v) is 28.2. The highest BCUT2D eigenvalue weighted by atomic mass is 79.9. The zero-order valence-electron chi connectivity index (χ0n) is 58.8. The zero-order valence-corrected chi connectivity index (χ0v) is 69.1. The number of hydrogen-bond donors (Lipinski definition) is 5. The van der Waals surface area contributed by atoms with Crippen LogP contribution in [0.25, 0.3) is 0 Å². The van der Waals surface area contributed by atoms with Crippen LogP contribution in [0.4, 0.5) is 46.0 Å². The predicted octanol–water partition coefficient (Wildman–Crippen LogP) is 12.0. The molecule has 0 spiro atoms. The van der Waals surface area contributed by atoms with E-state index in [1.165, 1.54) is 70.4 Å². The van der Waals surface area contributed by atoms with Gasteiger partial charge in [-0.2, -0.15) is 0 Å². The van der Waals surface area contributed by atoms with Gasteiger partial charge in [0.1, 0.15) is 11.6 Å². The number of sulfonamides is 5. The summed E-state index contributed by atoms with van der Waals surface area (Å²) >= 11 is 29.7. The molecule has 5 N–H and O–H groups in total. The lowest BCUT2D eigenvalue weighted by Gasteiger charge is -2.30. The van der Waals surface area contributed by atoms with Crippen LogP contribution in [-0.2, 0) is 74.1 Å². The molecule has 5 fully saturated rings. The molecule has 5 aliphatic heterocycles. The standard InChI is InChI=1S/2C14H18ClFN2O3S.2C13H16BrClN2O3S.C13H16F2N2O3S/c1-2-22(20,21)18-7-3-4-10(9-18)14(19)17-11-5-6-13(16)12(15)8-11;1-2-22(20,21)18-7-3-4-10(9-18)14(19)17-11-5-6-12(15)13(16)8-11;1-21(19,20)17-6-2-3-9(8-17)13(18)16-10-4-5-12(15)11(14)7-10;2*1-21(19,20)17-6-2-3-9(8-17)13(18)16-10-4-5-11(14)12(15)7-10/h2*5-6,8,10H,2-4,7,9H2,1H3,(H,17,19);3*4-5,7,9H,2-3,6,8H2,1H3,(H,16,18)/t2*10-;3*9-/m00000/s1. The van der Waals surface area contributed by atoms with Crippen LogP contribution in [-0.4, -0.2) is 189 Å². The Hall–Kier alpha value is -5.16. The summed E-state index contributed by atoms with van der Waals surface area (Å²) in [5, 5.41) is 14.3. The lowest BCUT2D eigenvalue weighted by Crippen LogP contribution is -2.44. The number of hydrogen-bond acceptors (Lipinski definition) is 15. The molecule has 40 heteroatoms. The van der Waals surface area contributed by atoms with Crippen molar-refractivity contribution >= 4 is 186 Å². The number of piperidine rings is 5. The minimum absolute atomic E-state index is 0.0176. The second kappa shape index (κ2) is 40.9. The van der Waals surface area contributed by atoms with Crippen molar-refractivity contribution in [1.29, 1.82) is 0 Å². The topological polar surface area (TPSA) is 332 Å². The van der Waals surface area contributed by atoms with Gasteiger partial charge in [0.25, 0.3) is 0 Å². The van der Waals surface area contributed by atoms with Gasteiger partial charge in [-0.1, -0.05) is 46.4 Å². The van der Waals surface area contributed by atoms with Crippen LogP contribution in [0.5, 0.6) is 0 Å². The Morgan fingerprint density at radius 2 is 0.636 bits per heavy atom. The van der Waals surface area contributed by atoms with E-state index in [0.29, 0.717) is 134 Å². The second-order valence-electron chi connectivity index (χ2n) is 25.7. The summed E-state index contributed by atoms with van der Waals surface area (Å²) in [4.78, 5) is 61.1. The van der Waals surface area contributed by atoms with Crippen LogP contribution in [0.15, 0.2) is 99.9 Å². The fraction of sp³-hybridized carbons (Fsp3) is 0.478. The first-order valence-electron chi connectivity index (χ1n) is 33.6. The molecule has 0 aromatic heterocycles. The molecule has 0 bridgehead atoms. The number of carbonyl (C=O) groups excluding carboxylic acids is 5. The number of nitrogens with zero attached hydrogens (tertiary/aromatic N) is 5. The van der Waals surface area contributed by atoms with Gasteiger partial charge < -0.3 is 26.6 Å². The molecule has 592 valence electrons. The smallest absolute Gasteiger partial charge is 0.228 e. The van der Waals surface area contributed by atoms with Gasteiger partial charge in [-0.15, -0.1) is 0 Å². The SMILES string of the molecule is CCS(=O)(=O)N1CCC[C@H](C(=O)Nc2ccc(Cl)c(F)c2)C1.CCS(=O)(=O)N1CCC[C@H](C(=O)Nc2ccc(F)c(Cl)c2)C1.CS(=O)(=O)N1CCC[C@H](C(=O)Nc2ccc(Br)c(Cl)c2)C1.CS(=O)(=O)N1CCC[C@H](C(=O)Nc2ccc(Cl)c(Br)c2)C1.CS(=O)(=O)N1CCC[C@H](C(=O)Nc2ccc(F)c(F)c2)C1. The van der Waals surface area contributed by atoms with Crippen LogP contribution >= 0.6 is 78.3 Å². The van der Waals surface area contributed by atoms with Crippen molar-refractivity contribution in [2.45, 2.75) is 78.1 Å². The largest absolute Gasteiger partial charge is 0.326 e. The fourth-order valence-electron chi connectivity index (χ4n) is 11.6. The summed E-state index contributed by atoms with van der Waals surface area (Å²) < 4.78 is 177. The zero-order chi connectivity index (χ0) is 79.5. The Bertz CT molecular complexity index is 4230. The van der Waals surface area contributed by atoms with Gasteiger partial charge in [0.05, 0.1) is 80.0 Å². The minimum atomic E-state index is -3.33. The highest BCUT2D eigenvalue weighted by Gasteiger charge is 2.36. The first-order chi connectivity index (χ1) is 50.0. The summed E-state index contributed by atoms with van der Waals surface area (Å²) in [7, 11) is -16.4. The number of carbonyl (C=O) groups is 5. The lowest BCUT2D eigenvalue weighted by molar-refractivity contribution is -0.121. The second-order valence-corrected chi connectivity index (χ2v) is 39.5. The van der Waals surface area contributed by atoms with Gasteiger partial charge in [-0.3, -0.25) is 24.0 Å². The van der Waals surface area contributed by atoms with Crippen molar-refractivity contribution in [3.63, 3.8) is 0 Å². The van der Waals surface area contributed by atoms with E-state index >= 15 is 0 Å². The van der Waals surface area contributed by atoms with Gasteiger partial charge in [0, 0.05) is 109 Å². The molecule has 5 heterocycles. The predicted molar refractivity (Wildman–Crippen MR) is 416 cm³/mol. The van der Waals surface area contributed by atoms with Gasteiger partial charge >= 0.3 is 0 Å². The molecule has 25 nitrogen and oxygen atoms in total. The van der Waals surface area contributed by atoms with Gasteiger partial charge in [0.2, 0.25) is 79.7 Å². The molecular weight excluding hydrogens is 1720 g/mol. The van der Waals surface area contributed by atoms with Crippen LogP contribution in [0.3, 0.4) is 0 Å². The van der Waals surface area contributed by atoms with Crippen LogP contribution in [0, 0.1) is 52.9 Å².